The van der Waals surface area contributed by atoms with E-state index >= 15 is 0 Å². The van der Waals surface area contributed by atoms with E-state index in [9.17, 15) is 4.79 Å². The topological polar surface area (TPSA) is 64.1 Å². The first-order chi connectivity index (χ1) is 10.6. The Morgan fingerprint density at radius 2 is 2.14 bits per heavy atom. The van der Waals surface area contributed by atoms with Crippen LogP contribution in [0.5, 0.6) is 5.75 Å². The van der Waals surface area contributed by atoms with Crippen molar-refractivity contribution in [2.75, 3.05) is 17.8 Å². The quantitative estimate of drug-likeness (QED) is 0.736. The van der Waals surface area contributed by atoms with Crippen LogP contribution in [0.25, 0.3) is 0 Å². The maximum absolute atomic E-state index is 11.8. The van der Waals surface area contributed by atoms with Crippen molar-refractivity contribution in [2.24, 2.45) is 0 Å². The number of nitrogens with zero attached hydrogens (tertiary/aromatic N) is 2. The predicted molar refractivity (Wildman–Crippen MR) is 89.5 cm³/mol. The number of aryl methyl sites for hydroxylation is 1. The fourth-order valence-corrected chi connectivity index (χ4v) is 2.91. The zero-order chi connectivity index (χ0) is 15.9. The molecule has 0 unspecified atom stereocenters. The van der Waals surface area contributed by atoms with Gasteiger partial charge in [0.2, 0.25) is 5.13 Å². The number of alkyl halides is 1. The van der Waals surface area contributed by atoms with Crippen LogP contribution in [-0.2, 0) is 11.2 Å². The number of hydrogen-bond acceptors (Lipinski definition) is 5. The van der Waals surface area contributed by atoms with Gasteiger partial charge in [-0.25, -0.2) is 0 Å². The second-order valence-corrected chi connectivity index (χ2v) is 6.49. The zero-order valence-corrected chi connectivity index (χ0v) is 14.4. The van der Waals surface area contributed by atoms with Crippen LogP contribution in [0.4, 0.5) is 5.13 Å². The molecule has 1 N–H and O–H groups in total. The van der Waals surface area contributed by atoms with Crippen molar-refractivity contribution < 1.29 is 9.53 Å². The molecule has 1 aromatic heterocycles. The SMILES string of the molecule is O=C(COc1ccc(Cl)cc1Cl)Nc1nnc(CCCCl)s1. The Hall–Kier alpha value is -1.08. The molecule has 0 aliphatic rings. The number of halogens is 3. The summed E-state index contributed by atoms with van der Waals surface area (Å²) in [5, 5.41) is 12.6. The normalized spacial score (nSPS) is 10.5. The molecule has 22 heavy (non-hydrogen) atoms. The van der Waals surface area contributed by atoms with Gasteiger partial charge in [0.1, 0.15) is 10.8 Å². The molecule has 0 aliphatic heterocycles. The smallest absolute Gasteiger partial charge is 0.264 e. The fourth-order valence-electron chi connectivity index (χ4n) is 1.51. The molecule has 0 saturated heterocycles. The molecule has 118 valence electrons. The van der Waals surface area contributed by atoms with Crippen LogP contribution in [0.1, 0.15) is 11.4 Å². The number of hydrogen-bond donors (Lipinski definition) is 1. The lowest BCUT2D eigenvalue weighted by atomic mass is 10.3. The van der Waals surface area contributed by atoms with Crippen LogP contribution in [0.15, 0.2) is 18.2 Å². The number of aromatic nitrogens is 2. The van der Waals surface area contributed by atoms with Gasteiger partial charge in [0.15, 0.2) is 6.61 Å². The molecule has 2 rings (SSSR count). The van der Waals surface area contributed by atoms with Gasteiger partial charge in [0.05, 0.1) is 5.02 Å². The molecule has 0 saturated carbocycles. The van der Waals surface area contributed by atoms with Crippen molar-refractivity contribution in [2.45, 2.75) is 12.8 Å². The number of anilines is 1. The number of amides is 1. The van der Waals surface area contributed by atoms with Crippen molar-refractivity contribution in [1.29, 1.82) is 0 Å². The van der Waals surface area contributed by atoms with Crippen LogP contribution in [-0.4, -0.2) is 28.6 Å². The Kier molecular flexibility index (Phi) is 6.70. The monoisotopic (exact) mass is 379 g/mol. The van der Waals surface area contributed by atoms with E-state index in [0.29, 0.717) is 26.8 Å². The minimum absolute atomic E-state index is 0.183. The summed E-state index contributed by atoms with van der Waals surface area (Å²) in [6.45, 7) is -0.183. The van der Waals surface area contributed by atoms with Gasteiger partial charge in [-0.3, -0.25) is 10.1 Å². The molecular formula is C13H12Cl3N3O2S. The van der Waals surface area contributed by atoms with Crippen molar-refractivity contribution >= 4 is 57.2 Å². The minimum atomic E-state index is -0.342. The van der Waals surface area contributed by atoms with E-state index in [0.717, 1.165) is 17.8 Å². The molecule has 1 amide bonds. The van der Waals surface area contributed by atoms with Gasteiger partial charge in [-0.1, -0.05) is 34.5 Å². The summed E-state index contributed by atoms with van der Waals surface area (Å²) in [4.78, 5) is 11.8. The Balaban J connectivity index is 1.83. The van der Waals surface area contributed by atoms with Crippen molar-refractivity contribution in [1.82, 2.24) is 10.2 Å². The number of carbonyl (C=O) groups is 1. The first-order valence-electron chi connectivity index (χ1n) is 6.34. The summed E-state index contributed by atoms with van der Waals surface area (Å²) >= 11 is 18.7. The highest BCUT2D eigenvalue weighted by Crippen LogP contribution is 2.27. The van der Waals surface area contributed by atoms with Gasteiger partial charge < -0.3 is 4.74 Å². The number of rotatable bonds is 7. The first-order valence-corrected chi connectivity index (χ1v) is 8.45. The van der Waals surface area contributed by atoms with Crippen molar-refractivity contribution in [3.8, 4) is 5.75 Å². The number of carbonyl (C=O) groups excluding carboxylic acids is 1. The predicted octanol–water partition coefficient (Wildman–Crippen LogP) is 4.03. The Morgan fingerprint density at radius 1 is 1.32 bits per heavy atom. The standard InChI is InChI=1S/C13H12Cl3N3O2S/c14-5-1-2-12-18-19-13(22-12)17-11(20)7-21-10-4-3-8(15)6-9(10)16/h3-4,6H,1-2,5,7H2,(H,17,19,20). The van der Waals surface area contributed by atoms with E-state index in [2.05, 4.69) is 15.5 Å². The number of nitrogens with one attached hydrogen (secondary N) is 1. The van der Waals surface area contributed by atoms with Crippen molar-refractivity contribution in [3.63, 3.8) is 0 Å². The third-order valence-electron chi connectivity index (χ3n) is 2.49. The molecule has 0 spiro atoms. The highest BCUT2D eigenvalue weighted by Gasteiger charge is 2.10. The molecule has 0 fully saturated rings. The molecule has 9 heteroatoms. The molecule has 0 radical (unpaired) electrons. The molecule has 0 atom stereocenters. The summed E-state index contributed by atoms with van der Waals surface area (Å²) < 4.78 is 5.33. The van der Waals surface area contributed by atoms with Gasteiger partial charge in [-0.05, 0) is 24.6 Å². The second-order valence-electron chi connectivity index (χ2n) is 4.21. The largest absolute Gasteiger partial charge is 0.482 e. The number of benzene rings is 1. The third-order valence-corrected chi connectivity index (χ3v) is 4.19. The molecule has 1 heterocycles. The van der Waals surface area contributed by atoms with E-state index in [4.69, 9.17) is 39.5 Å². The van der Waals surface area contributed by atoms with E-state index < -0.39 is 0 Å². The average molecular weight is 381 g/mol. The van der Waals surface area contributed by atoms with E-state index in [1.165, 1.54) is 11.3 Å². The van der Waals surface area contributed by atoms with E-state index in [1.54, 1.807) is 18.2 Å². The average Bonchev–Trinajstić information content (AvgIpc) is 2.91. The lowest BCUT2D eigenvalue weighted by Gasteiger charge is -2.07. The molecule has 2 aromatic rings. The Bertz CT molecular complexity index is 651. The van der Waals surface area contributed by atoms with Crippen LogP contribution in [0.2, 0.25) is 10.0 Å². The molecule has 0 aliphatic carbocycles. The first kappa shape index (κ1) is 17.3. The Labute approximate surface area is 146 Å². The minimum Gasteiger partial charge on any atom is -0.482 e. The van der Waals surface area contributed by atoms with E-state index in [1.807, 2.05) is 0 Å². The highest BCUT2D eigenvalue weighted by molar-refractivity contribution is 7.15. The molecule has 0 bridgehead atoms. The van der Waals surface area contributed by atoms with Gasteiger partial charge in [-0.2, -0.15) is 0 Å². The second kappa shape index (κ2) is 8.53. The van der Waals surface area contributed by atoms with Crippen LogP contribution in [0.3, 0.4) is 0 Å². The van der Waals surface area contributed by atoms with Gasteiger partial charge >= 0.3 is 0 Å². The summed E-state index contributed by atoms with van der Waals surface area (Å²) in [5.74, 6) is 0.615. The van der Waals surface area contributed by atoms with Crippen LogP contribution in [0, 0.1) is 0 Å². The fraction of sp³-hybridized carbons (Fsp3) is 0.308. The molecule has 1 aromatic carbocycles. The number of ether oxygens (including phenoxy) is 1. The zero-order valence-electron chi connectivity index (χ0n) is 11.3. The summed E-state index contributed by atoms with van der Waals surface area (Å²) in [7, 11) is 0. The highest BCUT2D eigenvalue weighted by atomic mass is 35.5. The lowest BCUT2D eigenvalue weighted by molar-refractivity contribution is -0.118. The van der Waals surface area contributed by atoms with Crippen LogP contribution >= 0.6 is 46.1 Å². The maximum atomic E-state index is 11.8. The van der Waals surface area contributed by atoms with Crippen molar-refractivity contribution in [3.05, 3.63) is 33.3 Å². The molecule has 5 nitrogen and oxygen atoms in total. The summed E-state index contributed by atoms with van der Waals surface area (Å²) in [5.41, 5.74) is 0. The van der Waals surface area contributed by atoms with E-state index in [-0.39, 0.29) is 12.5 Å². The summed E-state index contributed by atoms with van der Waals surface area (Å²) in [6.07, 6.45) is 1.57. The molecular weight excluding hydrogens is 369 g/mol. The van der Waals surface area contributed by atoms with Gasteiger partial charge in [0, 0.05) is 17.3 Å². The van der Waals surface area contributed by atoms with Crippen LogP contribution < -0.4 is 10.1 Å². The van der Waals surface area contributed by atoms with Gasteiger partial charge in [0.25, 0.3) is 5.91 Å². The third kappa shape index (κ3) is 5.28. The summed E-state index contributed by atoms with van der Waals surface area (Å²) in [6, 6.07) is 4.78. The lowest BCUT2D eigenvalue weighted by Crippen LogP contribution is -2.20. The maximum Gasteiger partial charge on any atom is 0.264 e. The Morgan fingerprint density at radius 3 is 2.86 bits per heavy atom. The van der Waals surface area contributed by atoms with Gasteiger partial charge in [-0.15, -0.1) is 21.8 Å².